The van der Waals surface area contributed by atoms with Gasteiger partial charge in [0.15, 0.2) is 0 Å². The Hall–Kier alpha value is -5.83. The average Bonchev–Trinajstić information content (AvgIpc) is 3.72. The Morgan fingerprint density at radius 1 is 1.12 bits per heavy atom. The van der Waals surface area contributed by atoms with E-state index in [4.69, 9.17) is 14.2 Å². The maximum Gasteiger partial charge on any atom is 0.408 e. The van der Waals surface area contributed by atoms with Gasteiger partial charge in [0.05, 0.1) is 18.1 Å². The lowest BCUT2D eigenvalue weighted by atomic mass is 10.1. The molecule has 2 fully saturated rings. The molecule has 1 saturated carbocycles. The van der Waals surface area contributed by atoms with Crippen molar-refractivity contribution in [2.75, 3.05) is 26.2 Å². The number of fused-ring (bicyclic) bond motifs is 1. The second-order valence-corrected chi connectivity index (χ2v) is 15.3. The highest BCUT2D eigenvalue weighted by Crippen LogP contribution is 2.46. The van der Waals surface area contributed by atoms with E-state index in [-0.39, 0.29) is 50.7 Å². The van der Waals surface area contributed by atoms with Crippen molar-refractivity contribution in [3.63, 3.8) is 0 Å². The molecule has 2 heterocycles. The van der Waals surface area contributed by atoms with Crippen LogP contribution in [0.5, 0.6) is 5.88 Å². The van der Waals surface area contributed by atoms with Crippen LogP contribution in [0, 0.1) is 16.0 Å². The Morgan fingerprint density at radius 3 is 2.54 bits per heavy atom. The zero-order chi connectivity index (χ0) is 41.3. The number of allylic oxidation sites excluding steroid dienone is 1. The van der Waals surface area contributed by atoms with E-state index in [0.29, 0.717) is 30.8 Å². The summed E-state index contributed by atoms with van der Waals surface area (Å²) in [4.78, 5) is 75.0. The van der Waals surface area contributed by atoms with Crippen LogP contribution in [-0.2, 0) is 30.4 Å². The highest BCUT2D eigenvalue weighted by molar-refractivity contribution is 5.96. The number of rotatable bonds is 18. The third-order valence-corrected chi connectivity index (χ3v) is 9.94. The number of para-hydroxylation sites is 1. The van der Waals surface area contributed by atoms with Crippen LogP contribution in [0.1, 0.15) is 58.9 Å². The minimum Gasteiger partial charge on any atom is -0.472 e. The number of nitrogens with zero attached hydrogens (tertiary/aromatic N) is 4. The number of likely N-dealkylation sites (tertiary alicyclic amines) is 1. The van der Waals surface area contributed by atoms with Crippen molar-refractivity contribution in [1.82, 2.24) is 25.4 Å². The van der Waals surface area contributed by atoms with Crippen molar-refractivity contribution in [2.45, 2.75) is 89.3 Å². The lowest BCUT2D eigenvalue weighted by molar-refractivity contribution is -0.385. The average molecular weight is 785 g/mol. The molecule has 0 unspecified atom stereocenters. The smallest absolute Gasteiger partial charge is 0.408 e. The molecule has 15 heteroatoms. The van der Waals surface area contributed by atoms with Gasteiger partial charge in [-0.15, -0.1) is 13.2 Å². The summed E-state index contributed by atoms with van der Waals surface area (Å²) < 4.78 is 17.3. The molecule has 0 radical (unpaired) electrons. The van der Waals surface area contributed by atoms with E-state index >= 15 is 0 Å². The number of aromatic nitrogens is 1. The van der Waals surface area contributed by atoms with Crippen LogP contribution in [0.2, 0.25) is 0 Å². The molecule has 5 atom stereocenters. The van der Waals surface area contributed by atoms with Crippen molar-refractivity contribution >= 4 is 40.3 Å². The largest absolute Gasteiger partial charge is 0.472 e. The normalized spacial score (nSPS) is 20.6. The summed E-state index contributed by atoms with van der Waals surface area (Å²) in [5.41, 5.74) is -1.90. The molecule has 0 spiro atoms. The molecule has 3 aromatic rings. The standard InChI is InChI=1S/C42H52N6O9/c1-7-10-15-22-46(25-29-17-12-14-19-34(29)48(53)54)27-33(44-40(52)57-41(4,5)6)38(50)47-26-31(56-37-32-18-13-11-16-28(32)20-21-43-37)23-35(47)36(49)45-42(24-30(42)8-2)39(51)55-9-3/h7-8,11-14,16-21,30-31,33,35H,1-2,9-10,15,22-27H2,3-6H3,(H,44,52)(H,45,49)/t30-,31-,33+,35+,42-/m1/s1. The maximum absolute atomic E-state index is 14.9. The molecule has 2 N–H and O–H groups in total. The van der Waals surface area contributed by atoms with Crippen molar-refractivity contribution in [1.29, 1.82) is 0 Å². The molecule has 57 heavy (non-hydrogen) atoms. The van der Waals surface area contributed by atoms with Crippen molar-refractivity contribution < 1.29 is 38.3 Å². The number of carbonyl (C=O) groups is 4. The van der Waals surface area contributed by atoms with E-state index in [0.717, 1.165) is 10.8 Å². The predicted octanol–water partition coefficient (Wildman–Crippen LogP) is 5.48. The first-order chi connectivity index (χ1) is 27.2. The number of carbonyl (C=O) groups excluding carboxylic acids is 4. The van der Waals surface area contributed by atoms with E-state index in [2.05, 4.69) is 28.8 Å². The van der Waals surface area contributed by atoms with Gasteiger partial charge in [-0.2, -0.15) is 0 Å². The SMILES string of the molecule is C=CCCCN(Cc1ccccc1[N+](=O)[O-])C[C@H](NC(=O)OC(C)(C)C)C(=O)N1C[C@H](Oc2nccc3ccccc23)C[C@H]1C(=O)N[C@]1(C(=O)OCC)C[C@H]1C=C. The summed E-state index contributed by atoms with van der Waals surface area (Å²) in [6.45, 7) is 14.8. The lowest BCUT2D eigenvalue weighted by Crippen LogP contribution is -2.59. The minimum absolute atomic E-state index is 0.0402. The first kappa shape index (κ1) is 42.3. The number of ether oxygens (including phenoxy) is 3. The topological polar surface area (TPSA) is 183 Å². The number of alkyl carbamates (subject to hydrolysis) is 1. The van der Waals surface area contributed by atoms with Crippen LogP contribution in [0.4, 0.5) is 10.5 Å². The molecular formula is C42H52N6O9. The Morgan fingerprint density at radius 2 is 1.86 bits per heavy atom. The fourth-order valence-corrected chi connectivity index (χ4v) is 7.13. The van der Waals surface area contributed by atoms with Gasteiger partial charge in [0.25, 0.3) is 5.69 Å². The predicted molar refractivity (Wildman–Crippen MR) is 213 cm³/mol. The number of unbranched alkanes of at least 4 members (excludes halogenated alkanes) is 1. The number of pyridine rings is 1. The first-order valence-electron chi connectivity index (χ1n) is 19.2. The van der Waals surface area contributed by atoms with Crippen LogP contribution in [0.25, 0.3) is 10.8 Å². The molecule has 304 valence electrons. The number of benzene rings is 2. The third-order valence-electron chi connectivity index (χ3n) is 9.94. The molecule has 1 aliphatic heterocycles. The summed E-state index contributed by atoms with van der Waals surface area (Å²) in [5.74, 6) is -1.86. The number of nitrogens with one attached hydrogen (secondary N) is 2. The van der Waals surface area contributed by atoms with E-state index < -0.39 is 58.1 Å². The highest BCUT2D eigenvalue weighted by Gasteiger charge is 2.62. The van der Waals surface area contributed by atoms with Gasteiger partial charge in [0.1, 0.15) is 29.3 Å². The fraction of sp³-hybridized carbons (Fsp3) is 0.452. The number of hydrogen-bond acceptors (Lipinski definition) is 11. The van der Waals surface area contributed by atoms with E-state index in [1.165, 1.54) is 11.0 Å². The van der Waals surface area contributed by atoms with Gasteiger partial charge in [0, 0.05) is 48.6 Å². The molecular weight excluding hydrogens is 732 g/mol. The van der Waals surface area contributed by atoms with Gasteiger partial charge in [-0.1, -0.05) is 48.6 Å². The molecule has 1 saturated heterocycles. The van der Waals surface area contributed by atoms with Crippen LogP contribution in [0.3, 0.4) is 0 Å². The summed E-state index contributed by atoms with van der Waals surface area (Å²) >= 11 is 0. The van der Waals surface area contributed by atoms with Crippen molar-refractivity contribution in [3.8, 4) is 5.88 Å². The van der Waals surface area contributed by atoms with Crippen molar-refractivity contribution in [3.05, 3.63) is 102 Å². The molecule has 1 aliphatic carbocycles. The van der Waals surface area contributed by atoms with Gasteiger partial charge in [-0.25, -0.2) is 14.6 Å². The van der Waals surface area contributed by atoms with Crippen LogP contribution < -0.4 is 15.4 Å². The second-order valence-electron chi connectivity index (χ2n) is 15.3. The van der Waals surface area contributed by atoms with Gasteiger partial charge >= 0.3 is 12.1 Å². The molecule has 15 nitrogen and oxygen atoms in total. The summed E-state index contributed by atoms with van der Waals surface area (Å²) in [6, 6.07) is 13.3. The fourth-order valence-electron chi connectivity index (χ4n) is 7.13. The molecule has 3 amide bonds. The monoisotopic (exact) mass is 784 g/mol. The quantitative estimate of drug-likeness (QED) is 0.0548. The van der Waals surface area contributed by atoms with Crippen LogP contribution in [0.15, 0.2) is 86.1 Å². The van der Waals surface area contributed by atoms with Gasteiger partial charge in [-0.3, -0.25) is 24.6 Å². The number of nitro benzene ring substituents is 1. The van der Waals surface area contributed by atoms with Gasteiger partial charge < -0.3 is 29.7 Å². The molecule has 2 aromatic carbocycles. The maximum atomic E-state index is 14.9. The molecule has 2 aliphatic rings. The summed E-state index contributed by atoms with van der Waals surface area (Å²) in [6.07, 6.45) is 4.95. The molecule has 1 aromatic heterocycles. The summed E-state index contributed by atoms with van der Waals surface area (Å²) in [5, 5.41) is 19.2. The van der Waals surface area contributed by atoms with Crippen molar-refractivity contribution in [2.24, 2.45) is 5.92 Å². The highest BCUT2D eigenvalue weighted by atomic mass is 16.6. The Kier molecular flexibility index (Phi) is 13.7. The second kappa shape index (κ2) is 18.4. The number of esters is 1. The van der Waals surface area contributed by atoms with Gasteiger partial charge in [-0.05, 0) is 71.0 Å². The lowest BCUT2D eigenvalue weighted by Gasteiger charge is -2.33. The number of amides is 3. The van der Waals surface area contributed by atoms with Gasteiger partial charge in [0.2, 0.25) is 17.7 Å². The van der Waals surface area contributed by atoms with Crippen LogP contribution in [-0.4, -0.2) is 99.2 Å². The van der Waals surface area contributed by atoms with E-state index in [9.17, 15) is 29.3 Å². The number of nitro groups is 1. The summed E-state index contributed by atoms with van der Waals surface area (Å²) in [7, 11) is 0. The Bertz CT molecular complexity index is 1980. The Labute approximate surface area is 332 Å². The third kappa shape index (κ3) is 10.5. The number of hydrogen-bond donors (Lipinski definition) is 2. The zero-order valence-corrected chi connectivity index (χ0v) is 33.0. The Balaban J connectivity index is 1.50. The molecule has 5 rings (SSSR count). The zero-order valence-electron chi connectivity index (χ0n) is 33.0. The molecule has 0 bridgehead atoms. The van der Waals surface area contributed by atoms with Crippen LogP contribution >= 0.6 is 0 Å². The first-order valence-corrected chi connectivity index (χ1v) is 19.2. The van der Waals surface area contributed by atoms with E-state index in [1.807, 2.05) is 35.2 Å². The minimum atomic E-state index is -1.33. The van der Waals surface area contributed by atoms with E-state index in [1.54, 1.807) is 64.2 Å².